The molecule has 1 aromatic heterocycles. The van der Waals surface area contributed by atoms with Gasteiger partial charge in [0.25, 0.3) is 5.91 Å². The van der Waals surface area contributed by atoms with Crippen molar-refractivity contribution in [3.8, 4) is 5.75 Å². The molecule has 0 radical (unpaired) electrons. The van der Waals surface area contributed by atoms with Gasteiger partial charge in [-0.1, -0.05) is 36.4 Å². The molecule has 0 unspecified atom stereocenters. The van der Waals surface area contributed by atoms with E-state index in [2.05, 4.69) is 10.3 Å². The number of hydrogen-bond donors (Lipinski definition) is 1. The first kappa shape index (κ1) is 15.1. The van der Waals surface area contributed by atoms with Gasteiger partial charge in [0.2, 0.25) is 0 Å². The highest BCUT2D eigenvalue weighted by Gasteiger charge is 2.23. The molecule has 2 aromatic carbocycles. The number of fused-ring (bicyclic) bond motifs is 1. The Morgan fingerprint density at radius 2 is 1.76 bits per heavy atom. The summed E-state index contributed by atoms with van der Waals surface area (Å²) in [6.07, 6.45) is 3.64. The number of carbonyl (C=O) groups is 1. The quantitative estimate of drug-likeness (QED) is 0.732. The van der Waals surface area contributed by atoms with E-state index in [4.69, 9.17) is 4.74 Å². The highest BCUT2D eigenvalue weighted by Crippen LogP contribution is 2.32. The summed E-state index contributed by atoms with van der Waals surface area (Å²) in [7, 11) is 0. The van der Waals surface area contributed by atoms with Crippen LogP contribution in [0.25, 0.3) is 11.6 Å². The van der Waals surface area contributed by atoms with E-state index in [-0.39, 0.29) is 5.91 Å². The number of ether oxygens (including phenoxy) is 1. The zero-order chi connectivity index (χ0) is 17.1. The Hall–Kier alpha value is -3.40. The second-order valence-electron chi connectivity index (χ2n) is 5.74. The fourth-order valence-corrected chi connectivity index (χ4v) is 2.75. The van der Waals surface area contributed by atoms with E-state index in [9.17, 15) is 4.79 Å². The molecule has 25 heavy (non-hydrogen) atoms. The van der Waals surface area contributed by atoms with Crippen molar-refractivity contribution in [3.63, 3.8) is 0 Å². The van der Waals surface area contributed by atoms with Crippen LogP contribution in [0.5, 0.6) is 5.75 Å². The number of nitrogens with one attached hydrogen (secondary N) is 1. The fraction of sp³-hybridized carbons (Fsp3) is 0.0476. The lowest BCUT2D eigenvalue weighted by atomic mass is 10.0. The number of aromatic nitrogens is 1. The van der Waals surface area contributed by atoms with Crippen LogP contribution < -0.4 is 10.1 Å². The Kier molecular flexibility index (Phi) is 4.01. The molecular weight excluding hydrogens is 312 g/mol. The lowest BCUT2D eigenvalue weighted by molar-refractivity contribution is -0.110. The van der Waals surface area contributed by atoms with Crippen LogP contribution >= 0.6 is 0 Å². The standard InChI is InChI=1S/C21H16N2O2/c24-21-19(18-6-1-2-7-20(18)23-21)13-15-8-10-17(11-9-15)25-14-16-5-3-4-12-22-16/h1-13H,14H2,(H,23,24)/b19-13-. The van der Waals surface area contributed by atoms with Gasteiger partial charge in [0.05, 0.1) is 5.69 Å². The van der Waals surface area contributed by atoms with Crippen LogP contribution in [0.15, 0.2) is 72.9 Å². The number of amides is 1. The molecule has 0 saturated carbocycles. The van der Waals surface area contributed by atoms with Crippen molar-refractivity contribution in [1.29, 1.82) is 0 Å². The van der Waals surface area contributed by atoms with E-state index in [0.29, 0.717) is 12.2 Å². The first-order chi connectivity index (χ1) is 12.3. The molecule has 4 rings (SSSR count). The molecule has 1 N–H and O–H groups in total. The van der Waals surface area contributed by atoms with Crippen LogP contribution in [0, 0.1) is 0 Å². The molecule has 4 heteroatoms. The van der Waals surface area contributed by atoms with Crippen molar-refractivity contribution in [1.82, 2.24) is 4.98 Å². The molecule has 0 bridgehead atoms. The third-order valence-electron chi connectivity index (χ3n) is 4.01. The van der Waals surface area contributed by atoms with Gasteiger partial charge in [0, 0.05) is 23.0 Å². The van der Waals surface area contributed by atoms with Crippen LogP contribution in [0.4, 0.5) is 5.69 Å². The second-order valence-corrected chi connectivity index (χ2v) is 5.74. The first-order valence-corrected chi connectivity index (χ1v) is 8.05. The summed E-state index contributed by atoms with van der Waals surface area (Å²) in [4.78, 5) is 16.4. The maximum absolute atomic E-state index is 12.2. The molecule has 0 saturated heterocycles. The molecule has 1 aliphatic heterocycles. The number of anilines is 1. The number of carbonyl (C=O) groups excluding carboxylic acids is 1. The summed E-state index contributed by atoms with van der Waals surface area (Å²) >= 11 is 0. The number of hydrogen-bond acceptors (Lipinski definition) is 3. The molecule has 0 spiro atoms. The van der Waals surface area contributed by atoms with Gasteiger partial charge in [-0.25, -0.2) is 0 Å². The lowest BCUT2D eigenvalue weighted by Gasteiger charge is -2.06. The molecule has 4 nitrogen and oxygen atoms in total. The van der Waals surface area contributed by atoms with Gasteiger partial charge in [-0.15, -0.1) is 0 Å². The minimum atomic E-state index is -0.0725. The second kappa shape index (κ2) is 6.61. The van der Waals surface area contributed by atoms with Crippen molar-refractivity contribution in [2.24, 2.45) is 0 Å². The van der Waals surface area contributed by atoms with Crippen molar-refractivity contribution in [2.45, 2.75) is 6.61 Å². The average molecular weight is 328 g/mol. The molecular formula is C21H16N2O2. The molecule has 1 aliphatic rings. The van der Waals surface area contributed by atoms with E-state index in [0.717, 1.165) is 28.3 Å². The third-order valence-corrected chi connectivity index (χ3v) is 4.01. The van der Waals surface area contributed by atoms with Gasteiger partial charge >= 0.3 is 0 Å². The van der Waals surface area contributed by atoms with Gasteiger partial charge in [-0.2, -0.15) is 0 Å². The first-order valence-electron chi connectivity index (χ1n) is 8.05. The van der Waals surface area contributed by atoms with Crippen LogP contribution in [0.1, 0.15) is 16.8 Å². The zero-order valence-corrected chi connectivity index (χ0v) is 13.5. The predicted molar refractivity (Wildman–Crippen MR) is 98.0 cm³/mol. The van der Waals surface area contributed by atoms with E-state index in [1.54, 1.807) is 6.20 Å². The van der Waals surface area contributed by atoms with Crippen molar-refractivity contribution < 1.29 is 9.53 Å². The smallest absolute Gasteiger partial charge is 0.256 e. The van der Waals surface area contributed by atoms with E-state index >= 15 is 0 Å². The Morgan fingerprint density at radius 1 is 0.960 bits per heavy atom. The van der Waals surface area contributed by atoms with E-state index in [1.165, 1.54) is 0 Å². The van der Waals surface area contributed by atoms with Crippen LogP contribution in [-0.2, 0) is 11.4 Å². The lowest BCUT2D eigenvalue weighted by Crippen LogP contribution is -2.03. The summed E-state index contributed by atoms with van der Waals surface area (Å²) in [5.74, 6) is 0.695. The largest absolute Gasteiger partial charge is 0.487 e. The van der Waals surface area contributed by atoms with Crippen molar-refractivity contribution in [2.75, 3.05) is 5.32 Å². The number of pyridine rings is 1. The third kappa shape index (κ3) is 3.28. The summed E-state index contributed by atoms with van der Waals surface area (Å²) in [6.45, 7) is 0.428. The number of rotatable bonds is 4. The number of para-hydroxylation sites is 1. The average Bonchev–Trinajstić information content (AvgIpc) is 2.97. The summed E-state index contributed by atoms with van der Waals surface area (Å²) in [5.41, 5.74) is 4.30. The highest BCUT2D eigenvalue weighted by molar-refractivity contribution is 6.34. The normalized spacial score (nSPS) is 14.2. The molecule has 2 heterocycles. The summed E-state index contributed by atoms with van der Waals surface area (Å²) in [6, 6.07) is 21.1. The SMILES string of the molecule is O=C1Nc2ccccc2/C1=C/c1ccc(OCc2ccccn2)cc1. The Bertz CT molecular complexity index is 932. The van der Waals surface area contributed by atoms with Gasteiger partial charge in [-0.3, -0.25) is 9.78 Å². The summed E-state index contributed by atoms with van der Waals surface area (Å²) in [5, 5.41) is 2.88. The molecule has 1 amide bonds. The minimum absolute atomic E-state index is 0.0725. The maximum atomic E-state index is 12.2. The van der Waals surface area contributed by atoms with E-state index in [1.807, 2.05) is 72.8 Å². The monoisotopic (exact) mass is 328 g/mol. The number of nitrogens with zero attached hydrogens (tertiary/aromatic N) is 1. The van der Waals surface area contributed by atoms with Gasteiger partial charge in [0.1, 0.15) is 12.4 Å². The molecule has 0 atom stereocenters. The highest BCUT2D eigenvalue weighted by atomic mass is 16.5. The fourth-order valence-electron chi connectivity index (χ4n) is 2.75. The topological polar surface area (TPSA) is 51.2 Å². The Balaban J connectivity index is 1.50. The van der Waals surface area contributed by atoms with Gasteiger partial charge in [-0.05, 0) is 42.0 Å². The Morgan fingerprint density at radius 3 is 2.56 bits per heavy atom. The van der Waals surface area contributed by atoms with E-state index < -0.39 is 0 Å². The van der Waals surface area contributed by atoms with Crippen LogP contribution in [0.3, 0.4) is 0 Å². The van der Waals surface area contributed by atoms with Crippen molar-refractivity contribution >= 4 is 23.2 Å². The van der Waals surface area contributed by atoms with Gasteiger partial charge < -0.3 is 10.1 Å². The molecule has 0 aliphatic carbocycles. The maximum Gasteiger partial charge on any atom is 0.256 e. The van der Waals surface area contributed by atoms with Gasteiger partial charge in [0.15, 0.2) is 0 Å². The predicted octanol–water partition coefficient (Wildman–Crippen LogP) is 4.15. The van der Waals surface area contributed by atoms with Crippen molar-refractivity contribution in [3.05, 3.63) is 89.7 Å². The van der Waals surface area contributed by atoms with Crippen LogP contribution in [-0.4, -0.2) is 10.9 Å². The number of benzene rings is 2. The van der Waals surface area contributed by atoms with Crippen LogP contribution in [0.2, 0.25) is 0 Å². The molecule has 0 fully saturated rings. The summed E-state index contributed by atoms with van der Waals surface area (Å²) < 4.78 is 5.73. The molecule has 3 aromatic rings. The Labute approximate surface area is 145 Å². The molecule has 122 valence electrons. The zero-order valence-electron chi connectivity index (χ0n) is 13.5. The minimum Gasteiger partial charge on any atom is -0.487 e.